The third-order valence-electron chi connectivity index (χ3n) is 4.80. The zero-order chi connectivity index (χ0) is 18.9. The molecule has 0 unspecified atom stereocenters. The van der Waals surface area contributed by atoms with Crippen LogP contribution >= 0.6 is 0 Å². The molecule has 0 saturated carbocycles. The first kappa shape index (κ1) is 16.3. The maximum Gasteiger partial charge on any atom is 0.157 e. The van der Waals surface area contributed by atoms with Crippen molar-refractivity contribution in [1.29, 1.82) is 0 Å². The molecule has 0 aliphatic rings. The van der Waals surface area contributed by atoms with Crippen LogP contribution in [0.2, 0.25) is 0 Å². The van der Waals surface area contributed by atoms with Crippen LogP contribution in [0.4, 0.5) is 5.69 Å². The first-order valence-electron chi connectivity index (χ1n) is 9.00. The van der Waals surface area contributed by atoms with E-state index >= 15 is 0 Å². The molecule has 5 nitrogen and oxygen atoms in total. The van der Waals surface area contributed by atoms with Crippen molar-refractivity contribution in [1.82, 2.24) is 9.97 Å². The zero-order valence-corrected chi connectivity index (χ0v) is 15.0. The Morgan fingerprint density at radius 3 is 2.71 bits per heavy atom. The molecule has 3 heterocycles. The van der Waals surface area contributed by atoms with Crippen LogP contribution in [0.25, 0.3) is 33.1 Å². The molecular formula is C23H17N3O2. The van der Waals surface area contributed by atoms with E-state index < -0.39 is 0 Å². The summed E-state index contributed by atoms with van der Waals surface area (Å²) in [7, 11) is 0. The lowest BCUT2D eigenvalue weighted by atomic mass is 10.0. The highest BCUT2D eigenvalue weighted by Crippen LogP contribution is 2.33. The number of aromatic nitrogens is 2. The van der Waals surface area contributed by atoms with Crippen LogP contribution < -0.4 is 5.32 Å². The predicted molar refractivity (Wildman–Crippen MR) is 110 cm³/mol. The number of nitrogens with one attached hydrogen (secondary N) is 1. The fraction of sp³-hybridized carbons (Fsp3) is 0.0435. The van der Waals surface area contributed by atoms with E-state index in [1.165, 1.54) is 6.20 Å². The second-order valence-electron chi connectivity index (χ2n) is 6.64. The van der Waals surface area contributed by atoms with Crippen LogP contribution in [-0.2, 0) is 6.54 Å². The van der Waals surface area contributed by atoms with Gasteiger partial charge < -0.3 is 14.8 Å². The second kappa shape index (κ2) is 6.70. The summed E-state index contributed by atoms with van der Waals surface area (Å²) in [5.41, 5.74) is 3.57. The topological polar surface area (TPSA) is 71.2 Å². The molecule has 5 heteroatoms. The lowest BCUT2D eigenvalue weighted by Crippen LogP contribution is -2.00. The van der Waals surface area contributed by atoms with Crippen molar-refractivity contribution >= 4 is 27.4 Å². The minimum absolute atomic E-state index is 0.135. The van der Waals surface area contributed by atoms with Gasteiger partial charge in [0.25, 0.3) is 0 Å². The molecule has 0 amide bonds. The predicted octanol–water partition coefficient (Wildman–Crippen LogP) is 5.36. The monoisotopic (exact) mass is 367 g/mol. The van der Waals surface area contributed by atoms with Crippen molar-refractivity contribution in [3.05, 3.63) is 84.9 Å². The largest absolute Gasteiger partial charge is 0.504 e. The molecular weight excluding hydrogens is 350 g/mol. The second-order valence-corrected chi connectivity index (χ2v) is 6.64. The number of para-hydroxylation sites is 1. The molecule has 0 saturated heterocycles. The fourth-order valence-electron chi connectivity index (χ4n) is 3.36. The number of hydrogen-bond acceptors (Lipinski definition) is 5. The summed E-state index contributed by atoms with van der Waals surface area (Å²) in [5, 5.41) is 16.3. The van der Waals surface area contributed by atoms with Gasteiger partial charge in [-0.25, -0.2) is 0 Å². The van der Waals surface area contributed by atoms with Crippen molar-refractivity contribution < 1.29 is 9.52 Å². The molecule has 136 valence electrons. The van der Waals surface area contributed by atoms with Crippen LogP contribution in [0.1, 0.15) is 5.56 Å². The Morgan fingerprint density at radius 2 is 1.82 bits per heavy atom. The van der Waals surface area contributed by atoms with Crippen molar-refractivity contribution in [2.75, 3.05) is 5.32 Å². The molecule has 0 radical (unpaired) electrons. The molecule has 28 heavy (non-hydrogen) atoms. The molecule has 0 aliphatic heterocycles. The van der Waals surface area contributed by atoms with Gasteiger partial charge in [-0.3, -0.25) is 9.97 Å². The Kier molecular flexibility index (Phi) is 3.91. The molecule has 5 rings (SSSR count). The molecule has 5 aromatic rings. The third kappa shape index (κ3) is 2.93. The van der Waals surface area contributed by atoms with Gasteiger partial charge in [0.15, 0.2) is 5.75 Å². The van der Waals surface area contributed by atoms with Crippen LogP contribution in [-0.4, -0.2) is 15.1 Å². The molecule has 0 spiro atoms. The van der Waals surface area contributed by atoms with Gasteiger partial charge in [-0.05, 0) is 35.2 Å². The van der Waals surface area contributed by atoms with Gasteiger partial charge in [-0.1, -0.05) is 30.3 Å². The molecule has 3 aromatic heterocycles. The van der Waals surface area contributed by atoms with Gasteiger partial charge in [-0.2, -0.15) is 0 Å². The number of anilines is 1. The smallest absolute Gasteiger partial charge is 0.157 e. The van der Waals surface area contributed by atoms with Gasteiger partial charge in [0.2, 0.25) is 0 Å². The van der Waals surface area contributed by atoms with E-state index in [1.807, 2.05) is 42.7 Å². The Balaban J connectivity index is 1.53. The molecule has 0 fully saturated rings. The molecule has 0 atom stereocenters. The standard InChI is InChI=1S/C23H17N3O2/c27-21-14-24-8-7-20(21)26-11-15-5-6-17-12-25-13-19(18(17)9-15)23-10-16-3-1-2-4-22(16)28-23/h1-10,12-14,27H,11H2,(H,24,26). The maximum absolute atomic E-state index is 9.88. The van der Waals surface area contributed by atoms with Crippen LogP contribution in [0, 0.1) is 0 Å². The lowest BCUT2D eigenvalue weighted by molar-refractivity contribution is 0.474. The summed E-state index contributed by atoms with van der Waals surface area (Å²) in [6.45, 7) is 0.579. The van der Waals surface area contributed by atoms with Crippen LogP contribution in [0.15, 0.2) is 83.8 Å². The van der Waals surface area contributed by atoms with Gasteiger partial charge >= 0.3 is 0 Å². The van der Waals surface area contributed by atoms with E-state index in [9.17, 15) is 5.11 Å². The highest BCUT2D eigenvalue weighted by Gasteiger charge is 2.11. The number of hydrogen-bond donors (Lipinski definition) is 2. The van der Waals surface area contributed by atoms with Crippen molar-refractivity contribution in [3.63, 3.8) is 0 Å². The summed E-state index contributed by atoms with van der Waals surface area (Å²) >= 11 is 0. The Labute approximate surface area is 161 Å². The number of rotatable bonds is 4. The molecule has 2 N–H and O–H groups in total. The summed E-state index contributed by atoms with van der Waals surface area (Å²) < 4.78 is 6.05. The van der Waals surface area contributed by atoms with Crippen molar-refractivity contribution in [2.24, 2.45) is 0 Å². The summed E-state index contributed by atoms with van der Waals surface area (Å²) in [5.74, 6) is 0.937. The first-order chi connectivity index (χ1) is 13.8. The quantitative estimate of drug-likeness (QED) is 0.447. The van der Waals surface area contributed by atoms with Gasteiger partial charge in [0.05, 0.1) is 11.9 Å². The van der Waals surface area contributed by atoms with E-state index in [1.54, 1.807) is 12.3 Å². The van der Waals surface area contributed by atoms with Crippen molar-refractivity contribution in [3.8, 4) is 17.1 Å². The maximum atomic E-state index is 9.88. The summed E-state index contributed by atoms with van der Waals surface area (Å²) in [4.78, 5) is 8.28. The summed E-state index contributed by atoms with van der Waals surface area (Å²) in [6, 6.07) is 18.0. The number of benzene rings is 2. The first-order valence-corrected chi connectivity index (χ1v) is 9.00. The molecule has 2 aromatic carbocycles. The number of fused-ring (bicyclic) bond motifs is 2. The number of furan rings is 1. The average molecular weight is 367 g/mol. The van der Waals surface area contributed by atoms with Gasteiger partial charge in [-0.15, -0.1) is 0 Å². The minimum atomic E-state index is 0.135. The van der Waals surface area contributed by atoms with Crippen LogP contribution in [0.3, 0.4) is 0 Å². The third-order valence-corrected chi connectivity index (χ3v) is 4.80. The fourth-order valence-corrected chi connectivity index (χ4v) is 3.36. The van der Waals surface area contributed by atoms with Gasteiger partial charge in [0.1, 0.15) is 11.3 Å². The molecule has 0 bridgehead atoms. The number of pyridine rings is 2. The Hall–Kier alpha value is -3.86. The van der Waals surface area contributed by atoms with E-state index in [-0.39, 0.29) is 5.75 Å². The Morgan fingerprint density at radius 1 is 0.893 bits per heavy atom. The SMILES string of the molecule is Oc1cnccc1NCc1ccc2cncc(-c3cc4ccccc4o3)c2c1. The van der Waals surface area contributed by atoms with E-state index in [2.05, 4.69) is 33.5 Å². The van der Waals surface area contributed by atoms with E-state index in [4.69, 9.17) is 4.42 Å². The molecule has 0 aliphatic carbocycles. The normalized spacial score (nSPS) is 11.1. The van der Waals surface area contributed by atoms with Crippen molar-refractivity contribution in [2.45, 2.75) is 6.54 Å². The zero-order valence-electron chi connectivity index (χ0n) is 15.0. The summed E-state index contributed by atoms with van der Waals surface area (Å²) in [6.07, 6.45) is 6.77. The average Bonchev–Trinajstić information content (AvgIpc) is 3.16. The highest BCUT2D eigenvalue weighted by molar-refractivity contribution is 5.97. The number of nitrogens with zero attached hydrogens (tertiary/aromatic N) is 2. The highest BCUT2D eigenvalue weighted by atomic mass is 16.3. The number of aromatic hydroxyl groups is 1. The lowest BCUT2D eigenvalue weighted by Gasteiger charge is -2.10. The minimum Gasteiger partial charge on any atom is -0.504 e. The van der Waals surface area contributed by atoms with Gasteiger partial charge in [0, 0.05) is 41.5 Å². The van der Waals surface area contributed by atoms with E-state index in [0.717, 1.165) is 38.6 Å². The van der Waals surface area contributed by atoms with E-state index in [0.29, 0.717) is 12.2 Å². The Bertz CT molecular complexity index is 1260. The van der Waals surface area contributed by atoms with Crippen LogP contribution in [0.5, 0.6) is 5.75 Å².